The van der Waals surface area contributed by atoms with Gasteiger partial charge in [0.05, 0.1) is 5.60 Å². The first kappa shape index (κ1) is 9.81. The lowest BCUT2D eigenvalue weighted by atomic mass is 9.92. The van der Waals surface area contributed by atoms with E-state index in [2.05, 4.69) is 6.58 Å². The van der Waals surface area contributed by atoms with Crippen LogP contribution in [0, 0.1) is 0 Å². The van der Waals surface area contributed by atoms with E-state index in [9.17, 15) is 5.11 Å². The van der Waals surface area contributed by atoms with Gasteiger partial charge < -0.3 is 10.8 Å². The highest BCUT2D eigenvalue weighted by molar-refractivity contribution is 5.42. The van der Waals surface area contributed by atoms with Crippen molar-refractivity contribution in [3.8, 4) is 0 Å². The van der Waals surface area contributed by atoms with E-state index < -0.39 is 5.60 Å². The number of rotatable bonds is 3. The lowest BCUT2D eigenvalue weighted by molar-refractivity contribution is 0.0607. The van der Waals surface area contributed by atoms with E-state index >= 15 is 0 Å². The molecule has 0 aliphatic heterocycles. The van der Waals surface area contributed by atoms with E-state index in [0.29, 0.717) is 12.1 Å². The maximum Gasteiger partial charge on any atom is 0.0903 e. The summed E-state index contributed by atoms with van der Waals surface area (Å²) in [6.45, 7) is 5.36. The minimum atomic E-state index is -0.864. The summed E-state index contributed by atoms with van der Waals surface area (Å²) < 4.78 is 0. The topological polar surface area (TPSA) is 46.2 Å². The van der Waals surface area contributed by atoms with Gasteiger partial charge in [-0.1, -0.05) is 18.2 Å². The molecule has 0 radical (unpaired) electrons. The van der Waals surface area contributed by atoms with Crippen LogP contribution in [0.5, 0.6) is 0 Å². The molecule has 0 fully saturated rings. The summed E-state index contributed by atoms with van der Waals surface area (Å²) in [5.74, 6) is 0. The van der Waals surface area contributed by atoms with E-state index in [1.54, 1.807) is 25.1 Å². The zero-order valence-electron chi connectivity index (χ0n) is 7.83. The first-order valence-electron chi connectivity index (χ1n) is 4.25. The average molecular weight is 177 g/mol. The van der Waals surface area contributed by atoms with Crippen LogP contribution >= 0.6 is 0 Å². The smallest absolute Gasteiger partial charge is 0.0903 e. The summed E-state index contributed by atoms with van der Waals surface area (Å²) >= 11 is 0. The molecule has 1 aromatic carbocycles. The van der Waals surface area contributed by atoms with Crippen molar-refractivity contribution in [3.05, 3.63) is 42.5 Å². The fourth-order valence-electron chi connectivity index (χ4n) is 1.27. The molecule has 1 rings (SSSR count). The first-order chi connectivity index (χ1) is 6.06. The Kier molecular flexibility index (Phi) is 2.73. The highest BCUT2D eigenvalue weighted by Crippen LogP contribution is 2.25. The van der Waals surface area contributed by atoms with Crippen molar-refractivity contribution in [1.82, 2.24) is 0 Å². The van der Waals surface area contributed by atoms with Crippen LogP contribution in [0.3, 0.4) is 0 Å². The molecule has 0 saturated carbocycles. The highest BCUT2D eigenvalue weighted by Gasteiger charge is 2.20. The molecule has 0 amide bonds. The quantitative estimate of drug-likeness (QED) is 0.548. The SMILES string of the molecule is C=CCC(C)(O)c1cccc(N)c1. The molecule has 3 N–H and O–H groups in total. The maximum atomic E-state index is 9.98. The molecule has 2 heteroatoms. The Labute approximate surface area is 78.7 Å². The van der Waals surface area contributed by atoms with Gasteiger partial charge in [-0.15, -0.1) is 6.58 Å². The number of benzene rings is 1. The zero-order valence-corrected chi connectivity index (χ0v) is 7.83. The lowest BCUT2D eigenvalue weighted by Gasteiger charge is -2.22. The van der Waals surface area contributed by atoms with Crippen molar-refractivity contribution in [1.29, 1.82) is 0 Å². The maximum absolute atomic E-state index is 9.98. The summed E-state index contributed by atoms with van der Waals surface area (Å²) in [6, 6.07) is 7.28. The minimum Gasteiger partial charge on any atom is -0.399 e. The van der Waals surface area contributed by atoms with E-state index in [1.807, 2.05) is 12.1 Å². The highest BCUT2D eigenvalue weighted by atomic mass is 16.3. The number of anilines is 1. The van der Waals surface area contributed by atoms with Crippen LogP contribution in [0.15, 0.2) is 36.9 Å². The van der Waals surface area contributed by atoms with Crippen molar-refractivity contribution in [2.45, 2.75) is 18.9 Å². The third-order valence-corrected chi connectivity index (χ3v) is 2.05. The van der Waals surface area contributed by atoms with E-state index in [0.717, 1.165) is 5.56 Å². The molecule has 1 atom stereocenters. The predicted octanol–water partition coefficient (Wildman–Crippen LogP) is 2.05. The predicted molar refractivity (Wildman–Crippen MR) is 55.2 cm³/mol. The standard InChI is InChI=1S/C11H15NO/c1-3-7-11(2,13)9-5-4-6-10(12)8-9/h3-6,8,13H,1,7,12H2,2H3. The molecule has 0 aromatic heterocycles. The van der Waals surface area contributed by atoms with E-state index in [-0.39, 0.29) is 0 Å². The fraction of sp³-hybridized carbons (Fsp3) is 0.273. The van der Waals surface area contributed by atoms with Crippen molar-refractivity contribution >= 4 is 5.69 Å². The number of hydrogen-bond acceptors (Lipinski definition) is 2. The van der Waals surface area contributed by atoms with Crippen molar-refractivity contribution < 1.29 is 5.11 Å². The Morgan fingerprint density at radius 3 is 2.85 bits per heavy atom. The van der Waals surface area contributed by atoms with Gasteiger partial charge in [0.2, 0.25) is 0 Å². The molecule has 70 valence electrons. The van der Waals surface area contributed by atoms with Crippen LogP contribution in [-0.2, 0) is 5.60 Å². The van der Waals surface area contributed by atoms with Gasteiger partial charge in [0.15, 0.2) is 0 Å². The third-order valence-electron chi connectivity index (χ3n) is 2.05. The molecule has 2 nitrogen and oxygen atoms in total. The largest absolute Gasteiger partial charge is 0.399 e. The molecular weight excluding hydrogens is 162 g/mol. The summed E-state index contributed by atoms with van der Waals surface area (Å²) in [6.07, 6.45) is 2.22. The van der Waals surface area contributed by atoms with Crippen molar-refractivity contribution in [3.63, 3.8) is 0 Å². The molecule has 1 aromatic rings. The Balaban J connectivity index is 2.99. The van der Waals surface area contributed by atoms with Crippen LogP contribution in [0.4, 0.5) is 5.69 Å². The second-order valence-corrected chi connectivity index (χ2v) is 3.39. The molecule has 0 saturated heterocycles. The lowest BCUT2D eigenvalue weighted by Crippen LogP contribution is -2.19. The Bertz CT molecular complexity index is 305. The first-order valence-corrected chi connectivity index (χ1v) is 4.25. The van der Waals surface area contributed by atoms with Crippen LogP contribution < -0.4 is 5.73 Å². The Morgan fingerprint density at radius 2 is 2.31 bits per heavy atom. The van der Waals surface area contributed by atoms with Gasteiger partial charge in [-0.2, -0.15) is 0 Å². The van der Waals surface area contributed by atoms with Crippen molar-refractivity contribution in [2.75, 3.05) is 5.73 Å². The molecule has 0 heterocycles. The molecule has 0 aliphatic rings. The third kappa shape index (κ3) is 2.33. The Morgan fingerprint density at radius 1 is 1.62 bits per heavy atom. The van der Waals surface area contributed by atoms with Crippen LogP contribution in [0.2, 0.25) is 0 Å². The van der Waals surface area contributed by atoms with Crippen LogP contribution in [0.25, 0.3) is 0 Å². The average Bonchev–Trinajstić information content (AvgIpc) is 2.04. The second-order valence-electron chi connectivity index (χ2n) is 3.39. The molecule has 1 unspecified atom stereocenters. The van der Waals surface area contributed by atoms with Crippen molar-refractivity contribution in [2.24, 2.45) is 0 Å². The summed E-state index contributed by atoms with van der Waals surface area (Å²) in [5.41, 5.74) is 6.25. The number of hydrogen-bond donors (Lipinski definition) is 2. The molecule has 0 bridgehead atoms. The van der Waals surface area contributed by atoms with Gasteiger partial charge in [-0.25, -0.2) is 0 Å². The normalized spacial score (nSPS) is 14.9. The van der Waals surface area contributed by atoms with E-state index in [4.69, 9.17) is 5.73 Å². The van der Waals surface area contributed by atoms with Gasteiger partial charge in [-0.3, -0.25) is 0 Å². The van der Waals surface area contributed by atoms with Crippen LogP contribution in [0.1, 0.15) is 18.9 Å². The second kappa shape index (κ2) is 3.62. The summed E-state index contributed by atoms with van der Waals surface area (Å²) in [4.78, 5) is 0. The van der Waals surface area contributed by atoms with E-state index in [1.165, 1.54) is 0 Å². The van der Waals surface area contributed by atoms with Gasteiger partial charge in [0.1, 0.15) is 0 Å². The van der Waals surface area contributed by atoms with Gasteiger partial charge in [0.25, 0.3) is 0 Å². The van der Waals surface area contributed by atoms with Gasteiger partial charge in [-0.05, 0) is 31.0 Å². The number of nitrogen functional groups attached to an aromatic ring is 1. The van der Waals surface area contributed by atoms with Gasteiger partial charge >= 0.3 is 0 Å². The van der Waals surface area contributed by atoms with Crippen LogP contribution in [-0.4, -0.2) is 5.11 Å². The fourth-order valence-corrected chi connectivity index (χ4v) is 1.27. The zero-order chi connectivity index (χ0) is 9.90. The minimum absolute atomic E-state index is 0.524. The molecule has 0 spiro atoms. The summed E-state index contributed by atoms with van der Waals surface area (Å²) in [5, 5.41) is 9.98. The summed E-state index contributed by atoms with van der Waals surface area (Å²) in [7, 11) is 0. The monoisotopic (exact) mass is 177 g/mol. The Hall–Kier alpha value is -1.28. The van der Waals surface area contributed by atoms with Gasteiger partial charge in [0, 0.05) is 5.69 Å². The number of nitrogens with two attached hydrogens (primary N) is 1. The molecule has 13 heavy (non-hydrogen) atoms. The molecular formula is C11H15NO. The number of aliphatic hydroxyl groups is 1. The molecule has 0 aliphatic carbocycles.